The highest BCUT2D eigenvalue weighted by Crippen LogP contribution is 2.22. The molecular formula is C22H26N2O2. The van der Waals surface area contributed by atoms with Crippen molar-refractivity contribution in [3.8, 4) is 0 Å². The summed E-state index contributed by atoms with van der Waals surface area (Å²) in [6, 6.07) is 15.6. The lowest BCUT2D eigenvalue weighted by Crippen LogP contribution is -2.35. The number of piperidine rings is 1. The second-order valence-corrected chi connectivity index (χ2v) is 6.89. The van der Waals surface area contributed by atoms with Gasteiger partial charge in [0.1, 0.15) is 0 Å². The normalized spacial score (nSPS) is 15.6. The van der Waals surface area contributed by atoms with Crippen LogP contribution in [0.2, 0.25) is 0 Å². The minimum Gasteiger partial charge on any atom is -0.345 e. The van der Waals surface area contributed by atoms with Crippen LogP contribution in [0.15, 0.2) is 48.5 Å². The summed E-state index contributed by atoms with van der Waals surface area (Å²) in [5, 5.41) is 3.11. The zero-order valence-corrected chi connectivity index (χ0v) is 15.5. The van der Waals surface area contributed by atoms with Gasteiger partial charge in [-0.1, -0.05) is 36.8 Å². The number of carbonyl (C=O) groups is 2. The number of hydrogen-bond acceptors (Lipinski definition) is 2. The van der Waals surface area contributed by atoms with Crippen LogP contribution < -0.4 is 10.2 Å². The third kappa shape index (κ3) is 4.13. The first-order valence-electron chi connectivity index (χ1n) is 9.36. The van der Waals surface area contributed by atoms with Crippen molar-refractivity contribution in [2.75, 3.05) is 11.4 Å². The van der Waals surface area contributed by atoms with Crippen molar-refractivity contribution in [1.82, 2.24) is 5.32 Å². The maximum absolute atomic E-state index is 12.6. The molecule has 0 spiro atoms. The van der Waals surface area contributed by atoms with Crippen LogP contribution in [0.3, 0.4) is 0 Å². The van der Waals surface area contributed by atoms with E-state index in [-0.39, 0.29) is 17.9 Å². The topological polar surface area (TPSA) is 49.4 Å². The van der Waals surface area contributed by atoms with Crippen molar-refractivity contribution >= 4 is 17.5 Å². The van der Waals surface area contributed by atoms with Gasteiger partial charge < -0.3 is 10.2 Å². The number of anilines is 1. The van der Waals surface area contributed by atoms with Gasteiger partial charge in [0.2, 0.25) is 5.91 Å². The number of rotatable bonds is 5. The highest BCUT2D eigenvalue weighted by molar-refractivity contribution is 5.97. The number of aryl methyl sites for hydroxylation is 1. The second kappa shape index (κ2) is 8.17. The average Bonchev–Trinajstić information content (AvgIpc) is 2.67. The molecule has 0 saturated carbocycles. The molecular weight excluding hydrogens is 324 g/mol. The number of nitrogens with zero attached hydrogens (tertiary/aromatic N) is 1. The zero-order valence-electron chi connectivity index (χ0n) is 15.5. The molecule has 4 nitrogen and oxygen atoms in total. The third-order valence-electron chi connectivity index (χ3n) is 4.96. The summed E-state index contributed by atoms with van der Waals surface area (Å²) in [5.74, 6) is 0.0767. The van der Waals surface area contributed by atoms with Crippen LogP contribution >= 0.6 is 0 Å². The molecule has 1 atom stereocenters. The SMILES string of the molecule is CC[C@H](NC(=O)c1ccc(N2CCCCC2=O)cc1)c1ccc(C)cc1. The van der Waals surface area contributed by atoms with Crippen LogP contribution in [0, 0.1) is 6.92 Å². The third-order valence-corrected chi connectivity index (χ3v) is 4.96. The van der Waals surface area contributed by atoms with Gasteiger partial charge in [0.05, 0.1) is 6.04 Å². The van der Waals surface area contributed by atoms with Gasteiger partial charge in [0, 0.05) is 24.2 Å². The van der Waals surface area contributed by atoms with Crippen molar-refractivity contribution in [3.05, 3.63) is 65.2 Å². The molecule has 3 rings (SSSR count). The molecule has 0 aromatic heterocycles. The minimum atomic E-state index is -0.0889. The van der Waals surface area contributed by atoms with E-state index in [1.807, 2.05) is 17.0 Å². The predicted molar refractivity (Wildman–Crippen MR) is 104 cm³/mol. The molecule has 0 bridgehead atoms. The lowest BCUT2D eigenvalue weighted by atomic mass is 10.0. The molecule has 1 N–H and O–H groups in total. The average molecular weight is 350 g/mol. The Morgan fingerprint density at radius 3 is 2.38 bits per heavy atom. The van der Waals surface area contributed by atoms with E-state index in [1.165, 1.54) is 5.56 Å². The Balaban J connectivity index is 1.69. The fourth-order valence-corrected chi connectivity index (χ4v) is 3.33. The van der Waals surface area contributed by atoms with Crippen molar-refractivity contribution < 1.29 is 9.59 Å². The van der Waals surface area contributed by atoms with Crippen molar-refractivity contribution in [3.63, 3.8) is 0 Å². The van der Waals surface area contributed by atoms with Gasteiger partial charge >= 0.3 is 0 Å². The number of hydrogen-bond donors (Lipinski definition) is 1. The van der Waals surface area contributed by atoms with Crippen LogP contribution in [-0.4, -0.2) is 18.4 Å². The molecule has 1 fully saturated rings. The van der Waals surface area contributed by atoms with Crippen molar-refractivity contribution in [2.45, 2.75) is 45.6 Å². The molecule has 136 valence electrons. The highest BCUT2D eigenvalue weighted by atomic mass is 16.2. The van der Waals surface area contributed by atoms with Gasteiger partial charge in [0.15, 0.2) is 0 Å². The fourth-order valence-electron chi connectivity index (χ4n) is 3.33. The number of benzene rings is 2. The Kier molecular flexibility index (Phi) is 5.71. The van der Waals surface area contributed by atoms with Crippen LogP contribution in [0.4, 0.5) is 5.69 Å². The lowest BCUT2D eigenvalue weighted by molar-refractivity contribution is -0.119. The van der Waals surface area contributed by atoms with Gasteiger partial charge in [-0.2, -0.15) is 0 Å². The summed E-state index contributed by atoms with van der Waals surface area (Å²) in [5.41, 5.74) is 3.81. The minimum absolute atomic E-state index is 0.00792. The largest absolute Gasteiger partial charge is 0.345 e. The summed E-state index contributed by atoms with van der Waals surface area (Å²) in [6.45, 7) is 4.88. The van der Waals surface area contributed by atoms with Gasteiger partial charge in [-0.25, -0.2) is 0 Å². The fraction of sp³-hybridized carbons (Fsp3) is 0.364. The van der Waals surface area contributed by atoms with Crippen LogP contribution in [-0.2, 0) is 4.79 Å². The second-order valence-electron chi connectivity index (χ2n) is 6.89. The van der Waals surface area contributed by atoms with E-state index in [0.29, 0.717) is 12.0 Å². The van der Waals surface area contributed by atoms with E-state index in [0.717, 1.165) is 37.1 Å². The van der Waals surface area contributed by atoms with E-state index in [9.17, 15) is 9.59 Å². The van der Waals surface area contributed by atoms with Crippen molar-refractivity contribution in [1.29, 1.82) is 0 Å². The summed E-state index contributed by atoms with van der Waals surface area (Å²) in [7, 11) is 0. The molecule has 1 saturated heterocycles. The van der Waals surface area contributed by atoms with E-state index in [1.54, 1.807) is 12.1 Å². The standard InChI is InChI=1S/C22H26N2O2/c1-3-20(17-9-7-16(2)8-10-17)23-22(26)18-11-13-19(14-12-18)24-15-5-4-6-21(24)25/h7-14,20H,3-6,15H2,1-2H3,(H,23,26)/t20-/m0/s1. The molecule has 0 aliphatic carbocycles. The van der Waals surface area contributed by atoms with E-state index < -0.39 is 0 Å². The maximum Gasteiger partial charge on any atom is 0.251 e. The number of amides is 2. The van der Waals surface area contributed by atoms with E-state index in [4.69, 9.17) is 0 Å². The van der Waals surface area contributed by atoms with Gasteiger partial charge in [0.25, 0.3) is 5.91 Å². The Labute approximate surface area is 155 Å². The first-order chi connectivity index (χ1) is 12.6. The summed E-state index contributed by atoms with van der Waals surface area (Å²) in [6.07, 6.45) is 3.43. The van der Waals surface area contributed by atoms with Gasteiger partial charge in [-0.3, -0.25) is 9.59 Å². The smallest absolute Gasteiger partial charge is 0.251 e. The van der Waals surface area contributed by atoms with Crippen LogP contribution in [0.25, 0.3) is 0 Å². The van der Waals surface area contributed by atoms with Gasteiger partial charge in [-0.15, -0.1) is 0 Å². The predicted octanol–water partition coefficient (Wildman–Crippen LogP) is 4.39. The lowest BCUT2D eigenvalue weighted by Gasteiger charge is -2.27. The van der Waals surface area contributed by atoms with E-state index in [2.05, 4.69) is 43.4 Å². The van der Waals surface area contributed by atoms with Crippen LogP contribution in [0.1, 0.15) is 60.1 Å². The number of carbonyl (C=O) groups excluding carboxylic acids is 2. The monoisotopic (exact) mass is 350 g/mol. The van der Waals surface area contributed by atoms with E-state index >= 15 is 0 Å². The Morgan fingerprint density at radius 1 is 1.08 bits per heavy atom. The molecule has 26 heavy (non-hydrogen) atoms. The van der Waals surface area contributed by atoms with Gasteiger partial charge in [-0.05, 0) is 56.0 Å². The molecule has 1 aliphatic heterocycles. The molecule has 4 heteroatoms. The first kappa shape index (κ1) is 18.2. The molecule has 2 amide bonds. The molecule has 0 unspecified atom stereocenters. The summed E-state index contributed by atoms with van der Waals surface area (Å²) in [4.78, 5) is 26.5. The molecule has 2 aromatic carbocycles. The zero-order chi connectivity index (χ0) is 18.5. The van der Waals surface area contributed by atoms with Crippen molar-refractivity contribution in [2.24, 2.45) is 0 Å². The Morgan fingerprint density at radius 2 is 1.77 bits per heavy atom. The molecule has 0 radical (unpaired) electrons. The highest BCUT2D eigenvalue weighted by Gasteiger charge is 2.20. The Hall–Kier alpha value is -2.62. The molecule has 1 aliphatic rings. The van der Waals surface area contributed by atoms with Crippen LogP contribution in [0.5, 0.6) is 0 Å². The molecule has 2 aromatic rings. The first-order valence-corrected chi connectivity index (χ1v) is 9.36. The summed E-state index contributed by atoms with van der Waals surface area (Å²) < 4.78 is 0. The number of nitrogens with one attached hydrogen (secondary N) is 1. The maximum atomic E-state index is 12.6. The Bertz CT molecular complexity index is 766. The molecule has 1 heterocycles. The summed E-state index contributed by atoms with van der Waals surface area (Å²) >= 11 is 0. The quantitative estimate of drug-likeness (QED) is 0.869.